The van der Waals surface area contributed by atoms with E-state index in [9.17, 15) is 0 Å². The molecule has 0 bridgehead atoms. The highest BCUT2D eigenvalue weighted by atomic mass is 32.2. The normalized spacial score (nSPS) is 15.6. The highest BCUT2D eigenvalue weighted by Gasteiger charge is 2.21. The first kappa shape index (κ1) is 21.4. The van der Waals surface area contributed by atoms with Crippen molar-refractivity contribution in [2.24, 2.45) is 0 Å². The molecule has 0 radical (unpaired) electrons. The van der Waals surface area contributed by atoms with E-state index < -0.39 is 0 Å². The van der Waals surface area contributed by atoms with Gasteiger partial charge in [0.25, 0.3) is 0 Å². The molecule has 1 fully saturated rings. The molecule has 3 N–H and O–H groups in total. The lowest BCUT2D eigenvalue weighted by Gasteiger charge is -2.16. The van der Waals surface area contributed by atoms with Gasteiger partial charge in [0, 0.05) is 12.3 Å². The largest absolute Gasteiger partial charge is 0.376 e. The maximum atomic E-state index is 5.95. The van der Waals surface area contributed by atoms with Gasteiger partial charge in [0.1, 0.15) is 5.82 Å². The Bertz CT molecular complexity index is 1190. The third kappa shape index (κ3) is 5.32. The zero-order chi connectivity index (χ0) is 22.5. The number of nitrogens with one attached hydrogen (secondary N) is 1. The number of anilines is 3. The van der Waals surface area contributed by atoms with Crippen molar-refractivity contribution in [1.29, 1.82) is 0 Å². The Balaban J connectivity index is 1.36. The van der Waals surface area contributed by atoms with Gasteiger partial charge in [-0.3, -0.25) is 0 Å². The molecule has 4 aromatic rings. The third-order valence-corrected chi connectivity index (χ3v) is 6.34. The molecule has 8 nitrogen and oxygen atoms in total. The molecule has 5 rings (SSSR count). The van der Waals surface area contributed by atoms with Crippen LogP contribution >= 0.6 is 11.8 Å². The molecule has 0 amide bonds. The number of ether oxygens (including phenoxy) is 1. The van der Waals surface area contributed by atoms with E-state index in [0.717, 1.165) is 48.1 Å². The van der Waals surface area contributed by atoms with Crippen molar-refractivity contribution in [3.63, 3.8) is 0 Å². The van der Waals surface area contributed by atoms with Crippen LogP contribution in [0.5, 0.6) is 0 Å². The van der Waals surface area contributed by atoms with Crippen LogP contribution in [0.1, 0.15) is 18.7 Å². The van der Waals surface area contributed by atoms with Crippen LogP contribution in [-0.4, -0.2) is 37.2 Å². The number of benzene rings is 2. The number of imidazole rings is 1. The summed E-state index contributed by atoms with van der Waals surface area (Å²) >= 11 is 1.58. The van der Waals surface area contributed by atoms with Crippen LogP contribution in [0, 0.1) is 0 Å². The Labute approximate surface area is 196 Å². The summed E-state index contributed by atoms with van der Waals surface area (Å²) < 4.78 is 8.15. The number of nitrogens with zero attached hydrogens (tertiary/aromatic N) is 5. The minimum absolute atomic E-state index is 0.187. The fourth-order valence-electron chi connectivity index (χ4n) is 3.82. The first-order valence-corrected chi connectivity index (χ1v) is 11.9. The van der Waals surface area contributed by atoms with Crippen molar-refractivity contribution in [1.82, 2.24) is 24.5 Å². The van der Waals surface area contributed by atoms with E-state index in [4.69, 9.17) is 15.5 Å². The maximum absolute atomic E-state index is 5.95. The van der Waals surface area contributed by atoms with Gasteiger partial charge in [-0.25, -0.2) is 4.98 Å². The van der Waals surface area contributed by atoms with E-state index in [-0.39, 0.29) is 12.1 Å². The predicted octanol–water partition coefficient (Wildman–Crippen LogP) is 4.53. The molecule has 2 aromatic heterocycles. The van der Waals surface area contributed by atoms with Crippen molar-refractivity contribution in [2.75, 3.05) is 17.7 Å². The van der Waals surface area contributed by atoms with Gasteiger partial charge in [-0.1, -0.05) is 60.3 Å². The summed E-state index contributed by atoms with van der Waals surface area (Å²) in [7, 11) is 0. The zero-order valence-corrected chi connectivity index (χ0v) is 18.9. The Kier molecular flexibility index (Phi) is 6.50. The molecule has 168 valence electrons. The first-order valence-electron chi connectivity index (χ1n) is 10.9. The molecule has 3 heterocycles. The van der Waals surface area contributed by atoms with Crippen LogP contribution in [0.25, 0.3) is 11.3 Å². The maximum Gasteiger partial charge on any atom is 0.232 e. The molecule has 0 saturated carbocycles. The fourth-order valence-corrected chi connectivity index (χ4v) is 4.66. The van der Waals surface area contributed by atoms with Gasteiger partial charge in [0.15, 0.2) is 5.16 Å². The smallest absolute Gasteiger partial charge is 0.232 e. The number of nitrogen functional groups attached to an aromatic ring is 1. The van der Waals surface area contributed by atoms with E-state index in [1.807, 2.05) is 54.7 Å². The Morgan fingerprint density at radius 2 is 1.82 bits per heavy atom. The van der Waals surface area contributed by atoms with Crippen molar-refractivity contribution in [3.05, 3.63) is 72.7 Å². The van der Waals surface area contributed by atoms with Gasteiger partial charge < -0.3 is 20.4 Å². The van der Waals surface area contributed by atoms with Crippen molar-refractivity contribution >= 4 is 29.3 Å². The van der Waals surface area contributed by atoms with Crippen LogP contribution in [-0.2, 0) is 17.0 Å². The van der Waals surface area contributed by atoms with Crippen LogP contribution in [0.4, 0.5) is 17.6 Å². The Morgan fingerprint density at radius 3 is 2.58 bits per heavy atom. The summed E-state index contributed by atoms with van der Waals surface area (Å²) in [4.78, 5) is 17.8. The summed E-state index contributed by atoms with van der Waals surface area (Å²) in [5.41, 5.74) is 9.05. The number of aromatic nitrogens is 5. The number of nitrogens with two attached hydrogens (primary N) is 1. The Morgan fingerprint density at radius 1 is 1.03 bits per heavy atom. The van der Waals surface area contributed by atoms with E-state index in [1.54, 1.807) is 11.8 Å². The van der Waals surface area contributed by atoms with Crippen LogP contribution in [0.15, 0.2) is 72.0 Å². The molecular weight excluding hydrogens is 434 g/mol. The van der Waals surface area contributed by atoms with Gasteiger partial charge in [-0.15, -0.1) is 0 Å². The molecule has 0 spiro atoms. The van der Waals surface area contributed by atoms with Crippen LogP contribution in [0.2, 0.25) is 0 Å². The molecule has 33 heavy (non-hydrogen) atoms. The highest BCUT2D eigenvalue weighted by Crippen LogP contribution is 2.29. The molecule has 1 saturated heterocycles. The summed E-state index contributed by atoms with van der Waals surface area (Å²) in [5.74, 6) is 1.73. The Hall–Kier alpha value is -3.43. The van der Waals surface area contributed by atoms with Gasteiger partial charge in [-0.05, 0) is 30.5 Å². The average molecular weight is 460 g/mol. The minimum atomic E-state index is 0.187. The van der Waals surface area contributed by atoms with Gasteiger partial charge in [-0.2, -0.15) is 15.0 Å². The quantitative estimate of drug-likeness (QED) is 0.370. The SMILES string of the molecule is Nc1nc(CSc2ncc(-c3ccccc3)n2C[C@H]2CCCO2)nc(Nc2ccccc2)n1. The third-order valence-electron chi connectivity index (χ3n) is 5.36. The van der Waals surface area contributed by atoms with Crippen LogP contribution < -0.4 is 11.1 Å². The van der Waals surface area contributed by atoms with Gasteiger partial charge in [0.2, 0.25) is 11.9 Å². The molecule has 2 aromatic carbocycles. The van der Waals surface area contributed by atoms with Crippen molar-refractivity contribution in [3.8, 4) is 11.3 Å². The lowest BCUT2D eigenvalue weighted by molar-refractivity contribution is 0.0954. The lowest BCUT2D eigenvalue weighted by Crippen LogP contribution is -2.16. The molecule has 0 aliphatic carbocycles. The topological polar surface area (TPSA) is 104 Å². The zero-order valence-electron chi connectivity index (χ0n) is 18.1. The van der Waals surface area contributed by atoms with Gasteiger partial charge >= 0.3 is 0 Å². The van der Waals surface area contributed by atoms with E-state index in [2.05, 4.69) is 37.0 Å². The summed E-state index contributed by atoms with van der Waals surface area (Å²) in [6.07, 6.45) is 4.30. The van der Waals surface area contributed by atoms with Crippen molar-refractivity contribution < 1.29 is 4.74 Å². The van der Waals surface area contributed by atoms with E-state index in [1.165, 1.54) is 0 Å². The number of hydrogen-bond acceptors (Lipinski definition) is 8. The second-order valence-electron chi connectivity index (χ2n) is 7.75. The molecule has 0 unspecified atom stereocenters. The number of hydrogen-bond donors (Lipinski definition) is 2. The molecule has 1 aliphatic rings. The number of rotatable bonds is 8. The molecular formula is C24H25N7OS. The standard InChI is InChI=1S/C24H25N7OS/c25-22-28-21(29-23(30-22)27-18-10-5-2-6-11-18)16-33-24-26-14-20(17-8-3-1-4-9-17)31(24)15-19-12-7-13-32-19/h1-6,8-11,14,19H,7,12-13,15-16H2,(H3,25,27,28,29,30)/t19-/m1/s1. The number of para-hydroxylation sites is 1. The van der Waals surface area contributed by atoms with E-state index >= 15 is 0 Å². The second kappa shape index (κ2) is 10.0. The monoisotopic (exact) mass is 459 g/mol. The van der Waals surface area contributed by atoms with Crippen LogP contribution in [0.3, 0.4) is 0 Å². The summed E-state index contributed by atoms with van der Waals surface area (Å²) in [6, 6.07) is 20.0. The fraction of sp³-hybridized carbons (Fsp3) is 0.250. The average Bonchev–Trinajstić information content (AvgIpc) is 3.49. The first-order chi connectivity index (χ1) is 16.2. The molecule has 1 atom stereocenters. The second-order valence-corrected chi connectivity index (χ2v) is 8.69. The van der Waals surface area contributed by atoms with Gasteiger partial charge in [0.05, 0.1) is 30.3 Å². The molecule has 1 aliphatic heterocycles. The van der Waals surface area contributed by atoms with E-state index in [0.29, 0.717) is 17.5 Å². The lowest BCUT2D eigenvalue weighted by atomic mass is 10.1. The number of thioether (sulfide) groups is 1. The predicted molar refractivity (Wildman–Crippen MR) is 130 cm³/mol. The minimum Gasteiger partial charge on any atom is -0.376 e. The summed E-state index contributed by atoms with van der Waals surface area (Å²) in [6.45, 7) is 1.59. The summed E-state index contributed by atoms with van der Waals surface area (Å²) in [5, 5.41) is 4.08. The molecule has 9 heteroatoms. The van der Waals surface area contributed by atoms with Crippen molar-refractivity contribution in [2.45, 2.75) is 36.4 Å². The highest BCUT2D eigenvalue weighted by molar-refractivity contribution is 7.98.